The van der Waals surface area contributed by atoms with Crippen molar-refractivity contribution in [1.82, 2.24) is 24.9 Å². The lowest BCUT2D eigenvalue weighted by Crippen LogP contribution is -2.34. The molecular weight excluding hydrogens is 394 g/mol. The molecule has 0 bridgehead atoms. The average molecular weight is 417 g/mol. The summed E-state index contributed by atoms with van der Waals surface area (Å²) in [6, 6.07) is 17.0. The van der Waals surface area contributed by atoms with Gasteiger partial charge in [0.05, 0.1) is 29.6 Å². The molecule has 1 amide bonds. The van der Waals surface area contributed by atoms with E-state index in [4.69, 9.17) is 4.74 Å². The first kappa shape index (κ1) is 20.3. The van der Waals surface area contributed by atoms with Gasteiger partial charge in [-0.2, -0.15) is 10.2 Å². The summed E-state index contributed by atoms with van der Waals surface area (Å²) in [4.78, 5) is 25.6. The number of benzene rings is 2. The van der Waals surface area contributed by atoms with Crippen LogP contribution < -0.4 is 15.6 Å². The minimum absolute atomic E-state index is 0.171. The number of rotatable bonds is 6. The molecule has 4 aromatic rings. The highest BCUT2D eigenvalue weighted by Gasteiger charge is 2.18. The standard InChI is InChI=1S/C23H23N5O3/c1-15-22-21(16(2)28(26-22)18-9-5-4-6-10-18)23(30)27(25-15)14-20(29)24-13-17-8-7-11-19(12-17)31-3/h4-12H,13-14H2,1-3H3,(H,24,29). The maximum absolute atomic E-state index is 13.1. The SMILES string of the molecule is COc1cccc(CNC(=O)Cn2nc(C)c3nn(-c4ccccc4)c(C)c3c2=O)c1. The van der Waals surface area contributed by atoms with Crippen LogP contribution in [-0.2, 0) is 17.9 Å². The molecule has 8 heteroatoms. The fraction of sp³-hybridized carbons (Fsp3) is 0.217. The monoisotopic (exact) mass is 417 g/mol. The molecule has 0 radical (unpaired) electrons. The van der Waals surface area contributed by atoms with Gasteiger partial charge in [-0.25, -0.2) is 9.36 Å². The number of nitrogens with one attached hydrogen (secondary N) is 1. The van der Waals surface area contributed by atoms with E-state index in [2.05, 4.69) is 15.5 Å². The molecule has 0 aliphatic heterocycles. The molecule has 0 unspecified atom stereocenters. The fourth-order valence-corrected chi connectivity index (χ4v) is 3.52. The quantitative estimate of drug-likeness (QED) is 0.521. The van der Waals surface area contributed by atoms with Crippen molar-refractivity contribution in [1.29, 1.82) is 0 Å². The van der Waals surface area contributed by atoms with E-state index < -0.39 is 0 Å². The summed E-state index contributed by atoms with van der Waals surface area (Å²) in [6.07, 6.45) is 0. The van der Waals surface area contributed by atoms with Crippen molar-refractivity contribution < 1.29 is 9.53 Å². The van der Waals surface area contributed by atoms with Gasteiger partial charge in [0.15, 0.2) is 0 Å². The summed E-state index contributed by atoms with van der Waals surface area (Å²) in [5.74, 6) is 0.417. The molecule has 0 saturated carbocycles. The number of amides is 1. The molecule has 0 aliphatic carbocycles. The zero-order valence-electron chi connectivity index (χ0n) is 17.6. The molecule has 2 heterocycles. The predicted octanol–water partition coefficient (Wildman–Crippen LogP) is 2.52. The number of fused-ring (bicyclic) bond motifs is 1. The highest BCUT2D eigenvalue weighted by Crippen LogP contribution is 2.19. The Hall–Kier alpha value is -3.94. The Morgan fingerprint density at radius 1 is 1.06 bits per heavy atom. The predicted molar refractivity (Wildman–Crippen MR) is 117 cm³/mol. The average Bonchev–Trinajstić information content (AvgIpc) is 3.14. The topological polar surface area (TPSA) is 91.0 Å². The van der Waals surface area contributed by atoms with Gasteiger partial charge in [-0.1, -0.05) is 30.3 Å². The fourth-order valence-electron chi connectivity index (χ4n) is 3.52. The molecule has 8 nitrogen and oxygen atoms in total. The van der Waals surface area contributed by atoms with Crippen molar-refractivity contribution >= 4 is 16.8 Å². The van der Waals surface area contributed by atoms with E-state index in [0.717, 1.165) is 17.0 Å². The molecule has 0 spiro atoms. The Morgan fingerprint density at radius 3 is 2.58 bits per heavy atom. The summed E-state index contributed by atoms with van der Waals surface area (Å²) in [6.45, 7) is 3.79. The summed E-state index contributed by atoms with van der Waals surface area (Å²) in [5.41, 5.74) is 3.27. The number of para-hydroxylation sites is 1. The van der Waals surface area contributed by atoms with Crippen molar-refractivity contribution in [2.24, 2.45) is 0 Å². The van der Waals surface area contributed by atoms with Crippen molar-refractivity contribution in [3.63, 3.8) is 0 Å². The highest BCUT2D eigenvalue weighted by molar-refractivity contribution is 5.83. The summed E-state index contributed by atoms with van der Waals surface area (Å²) in [5, 5.41) is 12.2. The molecule has 0 atom stereocenters. The second kappa shape index (κ2) is 8.43. The Kier molecular flexibility index (Phi) is 5.53. The third-order valence-corrected chi connectivity index (χ3v) is 5.10. The van der Waals surface area contributed by atoms with Crippen LogP contribution in [0.4, 0.5) is 0 Å². The Balaban J connectivity index is 1.59. The van der Waals surface area contributed by atoms with E-state index in [-0.39, 0.29) is 18.0 Å². The molecule has 158 valence electrons. The number of nitrogens with zero attached hydrogens (tertiary/aromatic N) is 4. The van der Waals surface area contributed by atoms with Crippen LogP contribution in [0.1, 0.15) is 17.0 Å². The third kappa shape index (κ3) is 4.05. The maximum atomic E-state index is 13.1. The van der Waals surface area contributed by atoms with Gasteiger partial charge in [-0.15, -0.1) is 0 Å². The number of hydrogen-bond acceptors (Lipinski definition) is 5. The van der Waals surface area contributed by atoms with Crippen LogP contribution in [0.15, 0.2) is 59.4 Å². The van der Waals surface area contributed by atoms with E-state index in [1.807, 2.05) is 61.5 Å². The Bertz CT molecular complexity index is 1310. The zero-order chi connectivity index (χ0) is 22.0. The third-order valence-electron chi connectivity index (χ3n) is 5.10. The molecule has 0 saturated heterocycles. The second-order valence-electron chi connectivity index (χ2n) is 7.23. The van der Waals surface area contributed by atoms with Crippen LogP contribution in [0, 0.1) is 13.8 Å². The molecule has 2 aromatic heterocycles. The van der Waals surface area contributed by atoms with Gasteiger partial charge < -0.3 is 10.1 Å². The first-order chi connectivity index (χ1) is 15.0. The van der Waals surface area contributed by atoms with Crippen molar-refractivity contribution in [2.45, 2.75) is 26.9 Å². The van der Waals surface area contributed by atoms with Crippen molar-refractivity contribution in [3.8, 4) is 11.4 Å². The Morgan fingerprint density at radius 2 is 1.84 bits per heavy atom. The largest absolute Gasteiger partial charge is 0.497 e. The van der Waals surface area contributed by atoms with E-state index >= 15 is 0 Å². The van der Waals surface area contributed by atoms with Gasteiger partial charge in [-0.05, 0) is 43.7 Å². The van der Waals surface area contributed by atoms with E-state index in [1.54, 1.807) is 18.7 Å². The Labute approximate surface area is 179 Å². The van der Waals surface area contributed by atoms with E-state index in [9.17, 15) is 9.59 Å². The van der Waals surface area contributed by atoms with Crippen LogP contribution in [-0.4, -0.2) is 32.6 Å². The zero-order valence-corrected chi connectivity index (χ0v) is 17.6. The van der Waals surface area contributed by atoms with Gasteiger partial charge in [-0.3, -0.25) is 9.59 Å². The number of aryl methyl sites for hydroxylation is 2. The molecule has 0 fully saturated rings. The highest BCUT2D eigenvalue weighted by atomic mass is 16.5. The lowest BCUT2D eigenvalue weighted by atomic mass is 10.2. The molecule has 1 N–H and O–H groups in total. The van der Waals surface area contributed by atoms with Crippen LogP contribution in [0.2, 0.25) is 0 Å². The van der Waals surface area contributed by atoms with Crippen LogP contribution >= 0.6 is 0 Å². The lowest BCUT2D eigenvalue weighted by Gasteiger charge is -2.09. The summed E-state index contributed by atoms with van der Waals surface area (Å²) >= 11 is 0. The number of carbonyl (C=O) groups is 1. The van der Waals surface area contributed by atoms with Gasteiger partial charge in [0, 0.05) is 6.54 Å². The number of hydrogen-bond donors (Lipinski definition) is 1. The molecule has 2 aromatic carbocycles. The molecule has 0 aliphatic rings. The minimum Gasteiger partial charge on any atom is -0.497 e. The lowest BCUT2D eigenvalue weighted by molar-refractivity contribution is -0.122. The normalized spacial score (nSPS) is 10.9. The number of carbonyl (C=O) groups excluding carboxylic acids is 1. The molecule has 4 rings (SSSR count). The summed E-state index contributed by atoms with van der Waals surface area (Å²) < 4.78 is 8.12. The van der Waals surface area contributed by atoms with Gasteiger partial charge in [0.1, 0.15) is 17.8 Å². The van der Waals surface area contributed by atoms with E-state index in [1.165, 1.54) is 4.68 Å². The van der Waals surface area contributed by atoms with Gasteiger partial charge in [0.2, 0.25) is 5.91 Å². The first-order valence-electron chi connectivity index (χ1n) is 9.90. The smallest absolute Gasteiger partial charge is 0.278 e. The van der Waals surface area contributed by atoms with Gasteiger partial charge in [0.25, 0.3) is 5.56 Å². The van der Waals surface area contributed by atoms with Crippen molar-refractivity contribution in [3.05, 3.63) is 81.9 Å². The number of ether oxygens (including phenoxy) is 1. The number of methoxy groups -OCH3 is 1. The van der Waals surface area contributed by atoms with Gasteiger partial charge >= 0.3 is 0 Å². The van der Waals surface area contributed by atoms with Crippen molar-refractivity contribution in [2.75, 3.05) is 7.11 Å². The van der Waals surface area contributed by atoms with Crippen LogP contribution in [0.3, 0.4) is 0 Å². The van der Waals surface area contributed by atoms with E-state index in [0.29, 0.717) is 28.8 Å². The molecular formula is C23H23N5O3. The van der Waals surface area contributed by atoms with Crippen LogP contribution in [0.5, 0.6) is 5.75 Å². The maximum Gasteiger partial charge on any atom is 0.278 e. The second-order valence-corrected chi connectivity index (χ2v) is 7.23. The first-order valence-corrected chi connectivity index (χ1v) is 9.90. The van der Waals surface area contributed by atoms with Crippen LogP contribution in [0.25, 0.3) is 16.6 Å². The summed E-state index contributed by atoms with van der Waals surface area (Å²) in [7, 11) is 1.59. The number of aromatic nitrogens is 4. The molecule has 31 heavy (non-hydrogen) atoms. The minimum atomic E-state index is -0.336.